The van der Waals surface area contributed by atoms with Crippen molar-refractivity contribution in [2.75, 3.05) is 5.32 Å². The first-order chi connectivity index (χ1) is 8.99. The van der Waals surface area contributed by atoms with Gasteiger partial charge in [-0.25, -0.2) is 9.18 Å². The Morgan fingerprint density at radius 1 is 1.53 bits per heavy atom. The zero-order valence-corrected chi connectivity index (χ0v) is 12.4. The summed E-state index contributed by atoms with van der Waals surface area (Å²) in [4.78, 5) is 11.1. The molecule has 0 fully saturated rings. The van der Waals surface area contributed by atoms with E-state index in [1.807, 2.05) is 22.6 Å². The van der Waals surface area contributed by atoms with E-state index in [2.05, 4.69) is 11.9 Å². The molecule has 1 aromatic rings. The van der Waals surface area contributed by atoms with Crippen LogP contribution in [0.15, 0.2) is 54.3 Å². The Balaban J connectivity index is 3.21. The van der Waals surface area contributed by atoms with Gasteiger partial charge in [0.2, 0.25) is 0 Å². The number of aliphatic carboxylic acids is 1. The predicted octanol–water partition coefficient (Wildman–Crippen LogP) is 3.94. The number of allylic oxidation sites excluding steroid dienone is 2. The summed E-state index contributed by atoms with van der Waals surface area (Å²) in [6.45, 7) is 5.25. The molecule has 0 aromatic heterocycles. The summed E-state index contributed by atoms with van der Waals surface area (Å²) in [7, 11) is 0. The topological polar surface area (TPSA) is 49.3 Å². The first-order valence-electron chi connectivity index (χ1n) is 5.44. The monoisotopic (exact) mass is 373 g/mol. The third-order valence-electron chi connectivity index (χ3n) is 2.26. The molecule has 0 spiro atoms. The fraction of sp³-hybridized carbons (Fsp3) is 0.0714. The SMILES string of the molecule is C=C/C(Nc1ccc(I)cc1F)=C(\C=C/C)C(=O)O. The van der Waals surface area contributed by atoms with Gasteiger partial charge >= 0.3 is 5.97 Å². The summed E-state index contributed by atoms with van der Waals surface area (Å²) in [5, 5.41) is 11.8. The standard InChI is InChI=1S/C14H13FINO2/c1-3-5-10(14(18)19)12(4-2)17-13-7-6-9(16)8-11(13)15/h3-8,17H,2H2,1H3,(H,18,19)/b5-3-,12-10-. The zero-order valence-electron chi connectivity index (χ0n) is 10.3. The van der Waals surface area contributed by atoms with Gasteiger partial charge in [0.25, 0.3) is 0 Å². The number of benzene rings is 1. The van der Waals surface area contributed by atoms with Crippen LogP contribution < -0.4 is 5.32 Å². The van der Waals surface area contributed by atoms with E-state index in [4.69, 9.17) is 5.11 Å². The number of hydrogen-bond acceptors (Lipinski definition) is 2. The molecular formula is C14H13FINO2. The molecular weight excluding hydrogens is 360 g/mol. The fourth-order valence-corrected chi connectivity index (χ4v) is 1.86. The first-order valence-corrected chi connectivity index (χ1v) is 6.52. The highest BCUT2D eigenvalue weighted by atomic mass is 127. The van der Waals surface area contributed by atoms with Crippen molar-refractivity contribution < 1.29 is 14.3 Å². The van der Waals surface area contributed by atoms with E-state index < -0.39 is 11.8 Å². The minimum absolute atomic E-state index is 0.0236. The number of hydrogen-bond donors (Lipinski definition) is 2. The smallest absolute Gasteiger partial charge is 0.337 e. The van der Waals surface area contributed by atoms with Crippen molar-refractivity contribution in [2.24, 2.45) is 0 Å². The normalized spacial score (nSPS) is 12.2. The maximum Gasteiger partial charge on any atom is 0.337 e. The molecule has 0 saturated heterocycles. The van der Waals surface area contributed by atoms with Crippen LogP contribution in [-0.4, -0.2) is 11.1 Å². The van der Waals surface area contributed by atoms with Crippen LogP contribution >= 0.6 is 22.6 Å². The van der Waals surface area contributed by atoms with Crippen molar-refractivity contribution in [1.29, 1.82) is 0 Å². The molecule has 0 aliphatic heterocycles. The number of carboxylic acid groups (broad SMARTS) is 1. The lowest BCUT2D eigenvalue weighted by atomic mass is 10.1. The highest BCUT2D eigenvalue weighted by molar-refractivity contribution is 14.1. The Hall–Kier alpha value is -1.63. The number of carbonyl (C=O) groups is 1. The van der Waals surface area contributed by atoms with Gasteiger partial charge in [0.1, 0.15) is 5.82 Å². The Kier molecular flexibility index (Phi) is 5.75. The number of rotatable bonds is 5. The number of anilines is 1. The second-order valence-electron chi connectivity index (χ2n) is 3.59. The lowest BCUT2D eigenvalue weighted by Gasteiger charge is -2.10. The van der Waals surface area contributed by atoms with Crippen LogP contribution in [0, 0.1) is 9.39 Å². The molecule has 1 aromatic carbocycles. The van der Waals surface area contributed by atoms with Crippen LogP contribution in [0.1, 0.15) is 6.92 Å². The van der Waals surface area contributed by atoms with Crippen molar-refractivity contribution >= 4 is 34.2 Å². The predicted molar refractivity (Wildman–Crippen MR) is 82.4 cm³/mol. The van der Waals surface area contributed by atoms with E-state index in [0.717, 1.165) is 3.57 Å². The van der Waals surface area contributed by atoms with Gasteiger partial charge in [-0.1, -0.05) is 12.7 Å². The summed E-state index contributed by atoms with van der Waals surface area (Å²) in [5.41, 5.74) is 0.472. The lowest BCUT2D eigenvalue weighted by Crippen LogP contribution is -2.08. The number of halogens is 2. The molecule has 0 heterocycles. The summed E-state index contributed by atoms with van der Waals surface area (Å²) < 4.78 is 14.5. The second kappa shape index (κ2) is 7.08. The van der Waals surface area contributed by atoms with Gasteiger partial charge in [0, 0.05) is 3.57 Å². The van der Waals surface area contributed by atoms with Crippen molar-refractivity contribution in [3.05, 3.63) is 63.7 Å². The average molecular weight is 373 g/mol. The quantitative estimate of drug-likeness (QED) is 0.467. The average Bonchev–Trinajstić information content (AvgIpc) is 2.35. The van der Waals surface area contributed by atoms with Crippen LogP contribution in [0.5, 0.6) is 0 Å². The van der Waals surface area contributed by atoms with Gasteiger partial charge in [-0.05, 0) is 59.9 Å². The molecule has 5 heteroatoms. The molecule has 0 aliphatic carbocycles. The minimum atomic E-state index is -1.11. The highest BCUT2D eigenvalue weighted by Crippen LogP contribution is 2.20. The van der Waals surface area contributed by atoms with Gasteiger partial charge < -0.3 is 10.4 Å². The van der Waals surface area contributed by atoms with E-state index in [-0.39, 0.29) is 17.0 Å². The summed E-state index contributed by atoms with van der Waals surface area (Å²) in [6.07, 6.45) is 4.37. The van der Waals surface area contributed by atoms with Gasteiger partial charge in [0.05, 0.1) is 17.0 Å². The van der Waals surface area contributed by atoms with E-state index in [1.54, 1.807) is 25.1 Å². The summed E-state index contributed by atoms with van der Waals surface area (Å²) in [6, 6.07) is 4.64. The van der Waals surface area contributed by atoms with Crippen molar-refractivity contribution in [3.63, 3.8) is 0 Å². The lowest BCUT2D eigenvalue weighted by molar-refractivity contribution is -0.132. The van der Waals surface area contributed by atoms with E-state index >= 15 is 0 Å². The molecule has 2 N–H and O–H groups in total. The van der Waals surface area contributed by atoms with Crippen molar-refractivity contribution in [2.45, 2.75) is 6.92 Å². The maximum atomic E-state index is 13.7. The second-order valence-corrected chi connectivity index (χ2v) is 4.83. The Morgan fingerprint density at radius 3 is 2.68 bits per heavy atom. The van der Waals surface area contributed by atoms with Gasteiger partial charge in [-0.15, -0.1) is 0 Å². The Labute approximate surface area is 124 Å². The van der Waals surface area contributed by atoms with Crippen LogP contribution in [0.25, 0.3) is 0 Å². The molecule has 0 atom stereocenters. The van der Waals surface area contributed by atoms with E-state index in [0.29, 0.717) is 0 Å². The number of nitrogens with one attached hydrogen (secondary N) is 1. The van der Waals surface area contributed by atoms with Gasteiger partial charge in [-0.3, -0.25) is 0 Å². The molecule has 100 valence electrons. The largest absolute Gasteiger partial charge is 0.478 e. The molecule has 1 rings (SSSR count). The molecule has 0 unspecified atom stereocenters. The number of carboxylic acids is 1. The van der Waals surface area contributed by atoms with Crippen molar-refractivity contribution in [1.82, 2.24) is 0 Å². The Bertz CT molecular complexity index is 565. The van der Waals surface area contributed by atoms with E-state index in [1.165, 1.54) is 18.2 Å². The maximum absolute atomic E-state index is 13.7. The van der Waals surface area contributed by atoms with Gasteiger partial charge in [-0.2, -0.15) is 0 Å². The third-order valence-corrected chi connectivity index (χ3v) is 2.93. The van der Waals surface area contributed by atoms with Crippen LogP contribution in [0.2, 0.25) is 0 Å². The van der Waals surface area contributed by atoms with Crippen LogP contribution in [0.3, 0.4) is 0 Å². The molecule has 0 amide bonds. The third kappa shape index (κ3) is 4.20. The van der Waals surface area contributed by atoms with Gasteiger partial charge in [0.15, 0.2) is 0 Å². The van der Waals surface area contributed by atoms with E-state index in [9.17, 15) is 9.18 Å². The fourth-order valence-electron chi connectivity index (χ4n) is 1.41. The highest BCUT2D eigenvalue weighted by Gasteiger charge is 2.11. The minimum Gasteiger partial charge on any atom is -0.478 e. The molecule has 0 saturated carbocycles. The molecule has 3 nitrogen and oxygen atoms in total. The van der Waals surface area contributed by atoms with Crippen LogP contribution in [0.4, 0.5) is 10.1 Å². The van der Waals surface area contributed by atoms with Crippen molar-refractivity contribution in [3.8, 4) is 0 Å². The summed E-state index contributed by atoms with van der Waals surface area (Å²) >= 11 is 2.00. The summed E-state index contributed by atoms with van der Waals surface area (Å²) in [5.74, 6) is -1.55. The zero-order chi connectivity index (χ0) is 14.4. The first kappa shape index (κ1) is 15.4. The molecule has 19 heavy (non-hydrogen) atoms. The Morgan fingerprint density at radius 2 is 2.21 bits per heavy atom. The molecule has 0 radical (unpaired) electrons. The molecule has 0 bridgehead atoms. The van der Waals surface area contributed by atoms with Crippen LogP contribution in [-0.2, 0) is 4.79 Å². The molecule has 0 aliphatic rings.